The maximum Gasteiger partial charge on any atom is 0.347 e. The molecule has 0 aliphatic rings. The van der Waals surface area contributed by atoms with Gasteiger partial charge in [-0.15, -0.1) is 0 Å². The molecule has 4 nitrogen and oxygen atoms in total. The van der Waals surface area contributed by atoms with E-state index < -0.39 is 5.63 Å². The summed E-state index contributed by atoms with van der Waals surface area (Å²) in [6, 6.07) is 14.4. The molecular formula is C15H11NO3. The molecule has 4 heteroatoms. The maximum atomic E-state index is 11.9. The van der Waals surface area contributed by atoms with Crippen LogP contribution in [0, 0.1) is 0 Å². The standard InChI is InChI=1S/C15H11NO3/c1-18-13-9-5-3-7-11(13)14-16-12-8-4-2-6-10(12)15(17)19-14/h2-9H,1H3. The van der Waals surface area contributed by atoms with E-state index in [0.29, 0.717) is 22.2 Å². The Balaban J connectivity index is 2.29. The molecule has 0 amide bonds. The molecule has 0 unspecified atom stereocenters. The number of rotatable bonds is 2. The van der Waals surface area contributed by atoms with Gasteiger partial charge in [-0.25, -0.2) is 9.78 Å². The van der Waals surface area contributed by atoms with Gasteiger partial charge in [0.1, 0.15) is 5.75 Å². The first-order valence-electron chi connectivity index (χ1n) is 5.83. The third-order valence-electron chi connectivity index (χ3n) is 2.87. The summed E-state index contributed by atoms with van der Waals surface area (Å²) in [6.07, 6.45) is 0. The van der Waals surface area contributed by atoms with Gasteiger partial charge < -0.3 is 9.15 Å². The van der Waals surface area contributed by atoms with Crippen molar-refractivity contribution in [2.75, 3.05) is 7.11 Å². The quantitative estimate of drug-likeness (QED) is 0.704. The fourth-order valence-electron chi connectivity index (χ4n) is 1.96. The van der Waals surface area contributed by atoms with E-state index in [-0.39, 0.29) is 5.89 Å². The molecule has 0 aliphatic carbocycles. The second-order valence-corrected chi connectivity index (χ2v) is 4.02. The first-order valence-corrected chi connectivity index (χ1v) is 5.83. The lowest BCUT2D eigenvalue weighted by atomic mass is 10.2. The molecule has 0 fully saturated rings. The van der Waals surface area contributed by atoms with Crippen molar-refractivity contribution in [3.63, 3.8) is 0 Å². The molecule has 0 atom stereocenters. The van der Waals surface area contributed by atoms with Gasteiger partial charge in [0.2, 0.25) is 5.89 Å². The molecule has 94 valence electrons. The highest BCUT2D eigenvalue weighted by molar-refractivity contribution is 5.79. The molecule has 0 spiro atoms. The monoisotopic (exact) mass is 253 g/mol. The number of para-hydroxylation sites is 2. The molecule has 0 radical (unpaired) electrons. The zero-order chi connectivity index (χ0) is 13.2. The van der Waals surface area contributed by atoms with Crippen molar-refractivity contribution < 1.29 is 9.15 Å². The Kier molecular flexibility index (Phi) is 2.76. The number of ether oxygens (including phenoxy) is 1. The van der Waals surface area contributed by atoms with E-state index in [1.54, 1.807) is 37.4 Å². The Labute approximate surface area is 109 Å². The summed E-state index contributed by atoms with van der Waals surface area (Å²) in [6.45, 7) is 0. The molecule has 0 saturated carbocycles. The lowest BCUT2D eigenvalue weighted by Crippen LogP contribution is -2.03. The molecule has 0 aliphatic heterocycles. The summed E-state index contributed by atoms with van der Waals surface area (Å²) < 4.78 is 10.5. The summed E-state index contributed by atoms with van der Waals surface area (Å²) in [5, 5.41) is 0.473. The number of benzene rings is 2. The van der Waals surface area contributed by atoms with Gasteiger partial charge in [0, 0.05) is 0 Å². The number of fused-ring (bicyclic) bond motifs is 1. The number of methoxy groups -OCH3 is 1. The van der Waals surface area contributed by atoms with Gasteiger partial charge >= 0.3 is 5.63 Å². The third kappa shape index (κ3) is 1.97. The SMILES string of the molecule is COc1ccccc1-c1nc2ccccc2c(=O)o1. The van der Waals surface area contributed by atoms with E-state index in [1.165, 1.54) is 0 Å². The Morgan fingerprint density at radius 1 is 1.05 bits per heavy atom. The van der Waals surface area contributed by atoms with Gasteiger partial charge in [0.25, 0.3) is 0 Å². The van der Waals surface area contributed by atoms with Gasteiger partial charge in [-0.05, 0) is 24.3 Å². The number of nitrogens with zero attached hydrogens (tertiary/aromatic N) is 1. The Morgan fingerprint density at radius 3 is 2.63 bits per heavy atom. The van der Waals surface area contributed by atoms with Gasteiger partial charge in [0.05, 0.1) is 23.6 Å². The summed E-state index contributed by atoms with van der Waals surface area (Å²) in [5.41, 5.74) is 0.874. The minimum atomic E-state index is -0.397. The number of hydrogen-bond acceptors (Lipinski definition) is 4. The molecule has 0 bridgehead atoms. The van der Waals surface area contributed by atoms with Gasteiger partial charge in [-0.2, -0.15) is 0 Å². The van der Waals surface area contributed by atoms with E-state index in [9.17, 15) is 4.79 Å². The zero-order valence-corrected chi connectivity index (χ0v) is 10.3. The van der Waals surface area contributed by atoms with Crippen molar-refractivity contribution in [3.05, 3.63) is 59.0 Å². The summed E-state index contributed by atoms with van der Waals surface area (Å²) in [7, 11) is 1.57. The molecule has 0 saturated heterocycles. The van der Waals surface area contributed by atoms with Crippen molar-refractivity contribution >= 4 is 10.9 Å². The minimum absolute atomic E-state index is 0.265. The minimum Gasteiger partial charge on any atom is -0.496 e. The van der Waals surface area contributed by atoms with Crippen LogP contribution in [-0.4, -0.2) is 12.1 Å². The molecule has 3 rings (SSSR count). The predicted molar refractivity (Wildman–Crippen MR) is 72.3 cm³/mol. The Hall–Kier alpha value is -2.62. The first-order chi connectivity index (χ1) is 9.29. The van der Waals surface area contributed by atoms with Crippen molar-refractivity contribution in [2.45, 2.75) is 0 Å². The maximum absolute atomic E-state index is 11.9. The summed E-state index contributed by atoms with van der Waals surface area (Å²) in [4.78, 5) is 16.3. The number of aromatic nitrogens is 1. The van der Waals surface area contributed by atoms with Gasteiger partial charge in [-0.3, -0.25) is 0 Å². The first kappa shape index (κ1) is 11.5. The number of hydrogen-bond donors (Lipinski definition) is 0. The van der Waals surface area contributed by atoms with Crippen molar-refractivity contribution in [2.24, 2.45) is 0 Å². The largest absolute Gasteiger partial charge is 0.496 e. The Morgan fingerprint density at radius 2 is 1.79 bits per heavy atom. The van der Waals surface area contributed by atoms with E-state index in [2.05, 4.69) is 4.98 Å². The highest BCUT2D eigenvalue weighted by Crippen LogP contribution is 2.28. The van der Waals surface area contributed by atoms with Crippen LogP contribution in [0.1, 0.15) is 0 Å². The topological polar surface area (TPSA) is 52.3 Å². The van der Waals surface area contributed by atoms with E-state index >= 15 is 0 Å². The summed E-state index contributed by atoms with van der Waals surface area (Å²) >= 11 is 0. The second-order valence-electron chi connectivity index (χ2n) is 4.02. The van der Waals surface area contributed by atoms with E-state index in [1.807, 2.05) is 18.2 Å². The van der Waals surface area contributed by atoms with Crippen LogP contribution in [0.2, 0.25) is 0 Å². The van der Waals surface area contributed by atoms with Crippen LogP contribution in [0.25, 0.3) is 22.4 Å². The summed E-state index contributed by atoms with van der Waals surface area (Å²) in [5.74, 6) is 0.884. The fourth-order valence-corrected chi connectivity index (χ4v) is 1.96. The third-order valence-corrected chi connectivity index (χ3v) is 2.87. The lowest BCUT2D eigenvalue weighted by Gasteiger charge is -2.06. The van der Waals surface area contributed by atoms with E-state index in [0.717, 1.165) is 0 Å². The van der Waals surface area contributed by atoms with Crippen LogP contribution >= 0.6 is 0 Å². The Bertz CT molecular complexity index is 792. The predicted octanol–water partition coefficient (Wildman–Crippen LogP) is 2.86. The molecule has 2 aromatic carbocycles. The average Bonchev–Trinajstić information content (AvgIpc) is 2.47. The highest BCUT2D eigenvalue weighted by atomic mass is 16.5. The van der Waals surface area contributed by atoms with Crippen LogP contribution in [0.3, 0.4) is 0 Å². The second kappa shape index (κ2) is 4.57. The molecular weight excluding hydrogens is 242 g/mol. The fraction of sp³-hybridized carbons (Fsp3) is 0.0667. The van der Waals surface area contributed by atoms with Gasteiger partial charge in [0.15, 0.2) is 0 Å². The lowest BCUT2D eigenvalue weighted by molar-refractivity contribution is 0.413. The highest BCUT2D eigenvalue weighted by Gasteiger charge is 2.11. The van der Waals surface area contributed by atoms with Gasteiger partial charge in [-0.1, -0.05) is 24.3 Å². The average molecular weight is 253 g/mol. The molecule has 1 aromatic heterocycles. The normalized spacial score (nSPS) is 10.6. The molecule has 3 aromatic rings. The van der Waals surface area contributed by atoms with Crippen LogP contribution in [-0.2, 0) is 0 Å². The van der Waals surface area contributed by atoms with Crippen molar-refractivity contribution in [1.82, 2.24) is 4.98 Å². The van der Waals surface area contributed by atoms with Crippen molar-refractivity contribution in [3.8, 4) is 17.2 Å². The van der Waals surface area contributed by atoms with E-state index in [4.69, 9.17) is 9.15 Å². The van der Waals surface area contributed by atoms with Crippen LogP contribution in [0.15, 0.2) is 57.7 Å². The smallest absolute Gasteiger partial charge is 0.347 e. The van der Waals surface area contributed by atoms with Crippen LogP contribution in [0.4, 0.5) is 0 Å². The van der Waals surface area contributed by atoms with Crippen LogP contribution in [0.5, 0.6) is 5.75 Å². The molecule has 0 N–H and O–H groups in total. The molecule has 19 heavy (non-hydrogen) atoms. The molecule has 1 heterocycles. The zero-order valence-electron chi connectivity index (χ0n) is 10.3. The van der Waals surface area contributed by atoms with Crippen LogP contribution < -0.4 is 10.4 Å². The van der Waals surface area contributed by atoms with Crippen molar-refractivity contribution in [1.29, 1.82) is 0 Å².